The number of halogens is 1. The van der Waals surface area contributed by atoms with Crippen molar-refractivity contribution in [3.05, 3.63) is 58.6 Å². The predicted molar refractivity (Wildman–Crippen MR) is 77.0 cm³/mol. The molecule has 0 saturated heterocycles. The van der Waals surface area contributed by atoms with E-state index in [0.29, 0.717) is 0 Å². The Kier molecular flexibility index (Phi) is 3.13. The Labute approximate surface area is 119 Å². The van der Waals surface area contributed by atoms with Crippen LogP contribution in [0.2, 0.25) is 0 Å². The minimum Gasteiger partial charge on any atom is -0.193 e. The molecule has 1 aromatic heterocycles. The van der Waals surface area contributed by atoms with Crippen LogP contribution in [0.1, 0.15) is 5.56 Å². The van der Waals surface area contributed by atoms with Crippen molar-refractivity contribution in [2.24, 2.45) is 0 Å². The van der Waals surface area contributed by atoms with E-state index in [1.54, 1.807) is 4.68 Å². The SMILES string of the molecule is Cc1cc(-n2nnnc2-c2ccccc2)ccc1Br. The van der Waals surface area contributed by atoms with Crippen molar-refractivity contribution < 1.29 is 0 Å². The van der Waals surface area contributed by atoms with Crippen LogP contribution in [0.3, 0.4) is 0 Å². The molecular weight excluding hydrogens is 304 g/mol. The lowest BCUT2D eigenvalue weighted by atomic mass is 10.2. The highest BCUT2D eigenvalue weighted by atomic mass is 79.9. The van der Waals surface area contributed by atoms with Gasteiger partial charge in [0.2, 0.25) is 0 Å². The zero-order valence-electron chi connectivity index (χ0n) is 10.3. The maximum atomic E-state index is 4.11. The maximum Gasteiger partial charge on any atom is 0.187 e. The van der Waals surface area contributed by atoms with E-state index in [9.17, 15) is 0 Å². The van der Waals surface area contributed by atoms with Crippen LogP contribution in [-0.2, 0) is 0 Å². The first-order chi connectivity index (χ1) is 9.25. The summed E-state index contributed by atoms with van der Waals surface area (Å²) < 4.78 is 2.82. The lowest BCUT2D eigenvalue weighted by Gasteiger charge is -2.06. The van der Waals surface area contributed by atoms with E-state index in [0.717, 1.165) is 27.1 Å². The zero-order valence-corrected chi connectivity index (χ0v) is 11.9. The number of aromatic nitrogens is 4. The smallest absolute Gasteiger partial charge is 0.187 e. The van der Waals surface area contributed by atoms with Gasteiger partial charge < -0.3 is 0 Å². The van der Waals surface area contributed by atoms with Crippen molar-refractivity contribution >= 4 is 15.9 Å². The van der Waals surface area contributed by atoms with Crippen LogP contribution in [0.5, 0.6) is 0 Å². The van der Waals surface area contributed by atoms with Gasteiger partial charge in [0.15, 0.2) is 5.82 Å². The molecule has 0 N–H and O–H groups in total. The predicted octanol–water partition coefficient (Wildman–Crippen LogP) is 3.40. The molecule has 3 rings (SSSR count). The minimum absolute atomic E-state index is 0.738. The highest BCUT2D eigenvalue weighted by molar-refractivity contribution is 9.10. The first kappa shape index (κ1) is 12.0. The molecule has 0 atom stereocenters. The van der Waals surface area contributed by atoms with Crippen molar-refractivity contribution in [2.45, 2.75) is 6.92 Å². The van der Waals surface area contributed by atoms with Crippen LogP contribution in [0.15, 0.2) is 53.0 Å². The summed E-state index contributed by atoms with van der Waals surface area (Å²) in [6.45, 7) is 2.04. The molecule has 0 aliphatic rings. The summed E-state index contributed by atoms with van der Waals surface area (Å²) in [5, 5.41) is 12.0. The van der Waals surface area contributed by atoms with Gasteiger partial charge >= 0.3 is 0 Å². The summed E-state index contributed by atoms with van der Waals surface area (Å²) in [6, 6.07) is 15.9. The van der Waals surface area contributed by atoms with Gasteiger partial charge in [-0.05, 0) is 41.1 Å². The molecular formula is C14H11BrN4. The van der Waals surface area contributed by atoms with Gasteiger partial charge in [0.25, 0.3) is 0 Å². The molecule has 0 amide bonds. The summed E-state index contributed by atoms with van der Waals surface area (Å²) in [6.07, 6.45) is 0. The number of rotatable bonds is 2. The Balaban J connectivity index is 2.12. The van der Waals surface area contributed by atoms with Gasteiger partial charge in [-0.3, -0.25) is 0 Å². The molecule has 2 aromatic carbocycles. The average Bonchev–Trinajstić information content (AvgIpc) is 2.92. The van der Waals surface area contributed by atoms with Crippen molar-refractivity contribution in [1.82, 2.24) is 20.2 Å². The summed E-state index contributed by atoms with van der Waals surface area (Å²) in [5.74, 6) is 0.738. The monoisotopic (exact) mass is 314 g/mol. The molecule has 0 spiro atoms. The van der Waals surface area contributed by atoms with Gasteiger partial charge in [0.05, 0.1) is 5.69 Å². The third-order valence-corrected chi connectivity index (χ3v) is 3.78. The molecule has 0 radical (unpaired) electrons. The van der Waals surface area contributed by atoms with Gasteiger partial charge in [-0.1, -0.05) is 46.3 Å². The molecule has 0 fully saturated rings. The summed E-state index contributed by atoms with van der Waals surface area (Å²) in [4.78, 5) is 0. The van der Waals surface area contributed by atoms with Gasteiger partial charge in [0.1, 0.15) is 0 Å². The van der Waals surface area contributed by atoms with E-state index < -0.39 is 0 Å². The third kappa shape index (κ3) is 2.29. The molecule has 5 heteroatoms. The molecule has 0 aliphatic carbocycles. The molecule has 0 bridgehead atoms. The Hall–Kier alpha value is -2.01. The zero-order chi connectivity index (χ0) is 13.2. The second-order valence-corrected chi connectivity index (χ2v) is 5.07. The van der Waals surface area contributed by atoms with Crippen LogP contribution >= 0.6 is 15.9 Å². The van der Waals surface area contributed by atoms with E-state index in [1.165, 1.54) is 0 Å². The topological polar surface area (TPSA) is 43.6 Å². The molecule has 3 aromatic rings. The second kappa shape index (κ2) is 4.93. The lowest BCUT2D eigenvalue weighted by Crippen LogP contribution is -2.00. The van der Waals surface area contributed by atoms with E-state index in [4.69, 9.17) is 0 Å². The van der Waals surface area contributed by atoms with Crippen LogP contribution in [0.4, 0.5) is 0 Å². The summed E-state index contributed by atoms with van der Waals surface area (Å²) in [7, 11) is 0. The van der Waals surface area contributed by atoms with E-state index in [1.807, 2.05) is 55.5 Å². The number of benzene rings is 2. The number of aryl methyl sites for hydroxylation is 1. The van der Waals surface area contributed by atoms with E-state index in [-0.39, 0.29) is 0 Å². The van der Waals surface area contributed by atoms with Crippen molar-refractivity contribution in [1.29, 1.82) is 0 Å². The Bertz CT molecular complexity index is 706. The average molecular weight is 315 g/mol. The number of nitrogens with zero attached hydrogens (tertiary/aromatic N) is 4. The Morgan fingerprint density at radius 2 is 1.84 bits per heavy atom. The maximum absolute atomic E-state index is 4.11. The van der Waals surface area contributed by atoms with E-state index >= 15 is 0 Å². The summed E-state index contributed by atoms with van der Waals surface area (Å²) in [5.41, 5.74) is 3.09. The van der Waals surface area contributed by atoms with Crippen LogP contribution in [0, 0.1) is 6.92 Å². The van der Waals surface area contributed by atoms with Crippen LogP contribution < -0.4 is 0 Å². The molecule has 0 aliphatic heterocycles. The Morgan fingerprint density at radius 3 is 2.58 bits per heavy atom. The fourth-order valence-electron chi connectivity index (χ4n) is 1.89. The van der Waals surface area contributed by atoms with Gasteiger partial charge in [0, 0.05) is 10.0 Å². The second-order valence-electron chi connectivity index (χ2n) is 4.21. The van der Waals surface area contributed by atoms with Crippen molar-refractivity contribution in [2.75, 3.05) is 0 Å². The molecule has 0 saturated carbocycles. The fourth-order valence-corrected chi connectivity index (χ4v) is 2.14. The Morgan fingerprint density at radius 1 is 1.05 bits per heavy atom. The normalized spacial score (nSPS) is 10.6. The summed E-state index contributed by atoms with van der Waals surface area (Å²) >= 11 is 3.50. The van der Waals surface area contributed by atoms with Gasteiger partial charge in [-0.15, -0.1) is 5.10 Å². The van der Waals surface area contributed by atoms with Crippen LogP contribution in [-0.4, -0.2) is 20.2 Å². The first-order valence-electron chi connectivity index (χ1n) is 5.86. The molecule has 4 nitrogen and oxygen atoms in total. The largest absolute Gasteiger partial charge is 0.193 e. The molecule has 94 valence electrons. The van der Waals surface area contributed by atoms with Crippen molar-refractivity contribution in [3.8, 4) is 17.1 Å². The third-order valence-electron chi connectivity index (χ3n) is 2.89. The first-order valence-corrected chi connectivity index (χ1v) is 6.65. The highest BCUT2D eigenvalue weighted by Gasteiger charge is 2.10. The molecule has 19 heavy (non-hydrogen) atoms. The van der Waals surface area contributed by atoms with Gasteiger partial charge in [-0.2, -0.15) is 4.68 Å². The van der Waals surface area contributed by atoms with E-state index in [2.05, 4.69) is 31.5 Å². The lowest BCUT2D eigenvalue weighted by molar-refractivity contribution is 0.790. The van der Waals surface area contributed by atoms with Gasteiger partial charge in [-0.25, -0.2) is 0 Å². The number of hydrogen-bond acceptors (Lipinski definition) is 3. The fraction of sp³-hybridized carbons (Fsp3) is 0.0714. The molecule has 1 heterocycles. The van der Waals surface area contributed by atoms with Crippen molar-refractivity contribution in [3.63, 3.8) is 0 Å². The number of hydrogen-bond donors (Lipinski definition) is 0. The number of tetrazole rings is 1. The standard InChI is InChI=1S/C14H11BrN4/c1-10-9-12(7-8-13(10)15)19-14(16-17-18-19)11-5-3-2-4-6-11/h2-9H,1H3. The van der Waals surface area contributed by atoms with Crippen LogP contribution in [0.25, 0.3) is 17.1 Å². The highest BCUT2D eigenvalue weighted by Crippen LogP contribution is 2.22. The molecule has 0 unspecified atom stereocenters. The minimum atomic E-state index is 0.738. The quantitative estimate of drug-likeness (QED) is 0.728.